The second-order valence-corrected chi connectivity index (χ2v) is 5.24. The molecule has 3 heteroatoms. The zero-order valence-electron chi connectivity index (χ0n) is 12.2. The molecule has 0 amide bonds. The second kappa shape index (κ2) is 6.35. The van der Waals surface area contributed by atoms with E-state index in [-0.39, 0.29) is 0 Å². The molecule has 21 heavy (non-hydrogen) atoms. The zero-order valence-corrected chi connectivity index (χ0v) is 12.2. The first-order valence-electron chi connectivity index (χ1n) is 7.31. The van der Waals surface area contributed by atoms with E-state index in [1.165, 1.54) is 16.3 Å². The van der Waals surface area contributed by atoms with E-state index in [2.05, 4.69) is 45.6 Å². The Kier molecular flexibility index (Phi) is 4.10. The Bertz CT molecular complexity index is 715. The van der Waals surface area contributed by atoms with Crippen molar-refractivity contribution >= 4 is 16.5 Å². The van der Waals surface area contributed by atoms with Crippen molar-refractivity contribution in [2.24, 2.45) is 0 Å². The second-order valence-electron chi connectivity index (χ2n) is 5.24. The number of nitrogens with one attached hydrogen (secondary N) is 1. The van der Waals surface area contributed by atoms with E-state index in [9.17, 15) is 0 Å². The molecule has 0 aliphatic heterocycles. The molecular formula is C18H19N3. The SMILES string of the molecule is Cc1ccc(CCCNc2cccc3ccncc23)cn1. The first-order chi connectivity index (χ1) is 10.3. The Hall–Kier alpha value is -2.42. The minimum absolute atomic E-state index is 0.946. The summed E-state index contributed by atoms with van der Waals surface area (Å²) >= 11 is 0. The average molecular weight is 277 g/mol. The molecule has 0 aliphatic carbocycles. The maximum atomic E-state index is 4.33. The van der Waals surface area contributed by atoms with Crippen molar-refractivity contribution in [3.05, 3.63) is 66.2 Å². The summed E-state index contributed by atoms with van der Waals surface area (Å²) in [7, 11) is 0. The van der Waals surface area contributed by atoms with E-state index in [0.717, 1.165) is 30.8 Å². The molecule has 0 fully saturated rings. The fourth-order valence-corrected chi connectivity index (χ4v) is 2.43. The van der Waals surface area contributed by atoms with Gasteiger partial charge in [0.05, 0.1) is 0 Å². The Morgan fingerprint density at radius 2 is 2.00 bits per heavy atom. The maximum Gasteiger partial charge on any atom is 0.0435 e. The first-order valence-corrected chi connectivity index (χ1v) is 7.31. The van der Waals surface area contributed by atoms with Crippen molar-refractivity contribution in [1.29, 1.82) is 0 Å². The number of hydrogen-bond acceptors (Lipinski definition) is 3. The van der Waals surface area contributed by atoms with Gasteiger partial charge in [-0.25, -0.2) is 0 Å². The molecular weight excluding hydrogens is 258 g/mol. The molecule has 0 atom stereocenters. The first kappa shape index (κ1) is 13.6. The van der Waals surface area contributed by atoms with Crippen LogP contribution in [0.3, 0.4) is 0 Å². The largest absolute Gasteiger partial charge is 0.384 e. The minimum atomic E-state index is 0.946. The predicted octanol–water partition coefficient (Wildman–Crippen LogP) is 3.98. The highest BCUT2D eigenvalue weighted by Crippen LogP contribution is 2.21. The zero-order chi connectivity index (χ0) is 14.5. The molecule has 0 spiro atoms. The van der Waals surface area contributed by atoms with E-state index >= 15 is 0 Å². The van der Waals surface area contributed by atoms with E-state index in [1.54, 1.807) is 0 Å². The van der Waals surface area contributed by atoms with Gasteiger partial charge in [0, 0.05) is 41.9 Å². The summed E-state index contributed by atoms with van der Waals surface area (Å²) in [5, 5.41) is 5.91. The lowest BCUT2D eigenvalue weighted by Gasteiger charge is -2.09. The van der Waals surface area contributed by atoms with Crippen LogP contribution >= 0.6 is 0 Å². The topological polar surface area (TPSA) is 37.8 Å². The summed E-state index contributed by atoms with van der Waals surface area (Å²) in [4.78, 5) is 8.54. The number of aromatic nitrogens is 2. The molecule has 0 saturated heterocycles. The molecule has 0 bridgehead atoms. The Balaban J connectivity index is 1.58. The van der Waals surface area contributed by atoms with Gasteiger partial charge in [-0.15, -0.1) is 0 Å². The van der Waals surface area contributed by atoms with Crippen LogP contribution in [0.4, 0.5) is 5.69 Å². The monoisotopic (exact) mass is 277 g/mol. The third kappa shape index (κ3) is 3.37. The molecule has 0 unspecified atom stereocenters. The van der Waals surface area contributed by atoms with Gasteiger partial charge in [0.1, 0.15) is 0 Å². The molecule has 2 aromatic heterocycles. The number of fused-ring (bicyclic) bond motifs is 1. The van der Waals surface area contributed by atoms with Crippen LogP contribution in [0.25, 0.3) is 10.8 Å². The van der Waals surface area contributed by atoms with Crippen molar-refractivity contribution in [2.45, 2.75) is 19.8 Å². The molecule has 0 saturated carbocycles. The highest BCUT2D eigenvalue weighted by molar-refractivity contribution is 5.92. The smallest absolute Gasteiger partial charge is 0.0435 e. The Morgan fingerprint density at radius 1 is 1.05 bits per heavy atom. The van der Waals surface area contributed by atoms with Crippen LogP contribution in [0.1, 0.15) is 17.7 Å². The molecule has 106 valence electrons. The Morgan fingerprint density at radius 3 is 2.86 bits per heavy atom. The van der Waals surface area contributed by atoms with Gasteiger partial charge in [0.25, 0.3) is 0 Å². The van der Waals surface area contributed by atoms with Crippen molar-refractivity contribution in [2.75, 3.05) is 11.9 Å². The third-order valence-electron chi connectivity index (χ3n) is 3.61. The standard InChI is InChI=1S/C18H19N3/c1-14-7-8-15(12-21-14)4-3-10-20-18-6-2-5-16-9-11-19-13-17(16)18/h2,5-9,11-13,20H,3-4,10H2,1H3. The summed E-state index contributed by atoms with van der Waals surface area (Å²) in [6, 6.07) is 12.6. The summed E-state index contributed by atoms with van der Waals surface area (Å²) in [6.07, 6.45) is 7.85. The number of nitrogens with zero attached hydrogens (tertiary/aromatic N) is 2. The molecule has 0 radical (unpaired) electrons. The van der Waals surface area contributed by atoms with Crippen LogP contribution in [0.15, 0.2) is 55.0 Å². The third-order valence-corrected chi connectivity index (χ3v) is 3.61. The van der Waals surface area contributed by atoms with E-state index < -0.39 is 0 Å². The van der Waals surface area contributed by atoms with Crippen LogP contribution in [-0.2, 0) is 6.42 Å². The normalized spacial score (nSPS) is 10.7. The maximum absolute atomic E-state index is 4.33. The van der Waals surface area contributed by atoms with Crippen LogP contribution in [0.2, 0.25) is 0 Å². The van der Waals surface area contributed by atoms with Gasteiger partial charge >= 0.3 is 0 Å². The summed E-state index contributed by atoms with van der Waals surface area (Å²) in [6.45, 7) is 2.96. The number of aryl methyl sites for hydroxylation is 2. The summed E-state index contributed by atoms with van der Waals surface area (Å²) < 4.78 is 0. The molecule has 1 N–H and O–H groups in total. The quantitative estimate of drug-likeness (QED) is 0.717. The molecule has 2 heterocycles. The number of benzene rings is 1. The van der Waals surface area contributed by atoms with Crippen molar-refractivity contribution in [1.82, 2.24) is 9.97 Å². The van der Waals surface area contributed by atoms with Crippen molar-refractivity contribution in [3.63, 3.8) is 0 Å². The van der Waals surface area contributed by atoms with Gasteiger partial charge in [-0.2, -0.15) is 0 Å². The highest BCUT2D eigenvalue weighted by atomic mass is 14.9. The molecule has 0 aliphatic rings. The van der Waals surface area contributed by atoms with Gasteiger partial charge in [-0.05, 0) is 48.9 Å². The lowest BCUT2D eigenvalue weighted by molar-refractivity contribution is 0.857. The summed E-state index contributed by atoms with van der Waals surface area (Å²) in [5.41, 5.74) is 3.52. The number of pyridine rings is 2. The van der Waals surface area contributed by atoms with Gasteiger partial charge in [-0.1, -0.05) is 18.2 Å². The Labute approximate surface area is 125 Å². The van der Waals surface area contributed by atoms with Crippen LogP contribution in [-0.4, -0.2) is 16.5 Å². The van der Waals surface area contributed by atoms with E-state index in [1.807, 2.05) is 31.6 Å². The van der Waals surface area contributed by atoms with Gasteiger partial charge in [0.2, 0.25) is 0 Å². The van der Waals surface area contributed by atoms with Crippen molar-refractivity contribution in [3.8, 4) is 0 Å². The van der Waals surface area contributed by atoms with E-state index in [0.29, 0.717) is 0 Å². The molecule has 1 aromatic carbocycles. The van der Waals surface area contributed by atoms with Crippen LogP contribution in [0.5, 0.6) is 0 Å². The van der Waals surface area contributed by atoms with Gasteiger partial charge in [-0.3, -0.25) is 9.97 Å². The van der Waals surface area contributed by atoms with Crippen LogP contribution in [0, 0.1) is 6.92 Å². The van der Waals surface area contributed by atoms with Crippen molar-refractivity contribution < 1.29 is 0 Å². The number of rotatable bonds is 5. The number of anilines is 1. The molecule has 3 nitrogen and oxygen atoms in total. The lowest BCUT2D eigenvalue weighted by atomic mass is 10.1. The molecule has 3 rings (SSSR count). The minimum Gasteiger partial charge on any atom is -0.384 e. The van der Waals surface area contributed by atoms with Crippen LogP contribution < -0.4 is 5.32 Å². The average Bonchev–Trinajstić information content (AvgIpc) is 2.53. The van der Waals surface area contributed by atoms with E-state index in [4.69, 9.17) is 0 Å². The predicted molar refractivity (Wildman–Crippen MR) is 87.5 cm³/mol. The number of hydrogen-bond donors (Lipinski definition) is 1. The fraction of sp³-hybridized carbons (Fsp3) is 0.222. The van der Waals surface area contributed by atoms with Gasteiger partial charge in [0.15, 0.2) is 0 Å². The van der Waals surface area contributed by atoms with Gasteiger partial charge < -0.3 is 5.32 Å². The highest BCUT2D eigenvalue weighted by Gasteiger charge is 2.00. The fourth-order valence-electron chi connectivity index (χ4n) is 2.43. The molecule has 3 aromatic rings. The lowest BCUT2D eigenvalue weighted by Crippen LogP contribution is -2.03. The summed E-state index contributed by atoms with van der Waals surface area (Å²) in [5.74, 6) is 0.